The van der Waals surface area contributed by atoms with E-state index in [1.54, 1.807) is 7.11 Å². The molecule has 0 bridgehead atoms. The van der Waals surface area contributed by atoms with Crippen LogP contribution in [0, 0.1) is 0 Å². The first-order chi connectivity index (χ1) is 16.0. The molecule has 186 valence electrons. The number of benzene rings is 2. The Morgan fingerprint density at radius 3 is 1.20 bits per heavy atom. The van der Waals surface area contributed by atoms with Crippen LogP contribution < -0.4 is 0 Å². The van der Waals surface area contributed by atoms with Gasteiger partial charge in [-0.1, -0.05) is 115 Å². The topological polar surface area (TPSA) is 43.2 Å². The number of hydrogen-bond donors (Lipinski definition) is 0. The predicted octanol–water partition coefficient (Wildman–Crippen LogP) is 9.36. The van der Waals surface area contributed by atoms with Gasteiger partial charge in [0.05, 0.1) is 18.5 Å². The average molecular weight is 601 g/mol. The van der Waals surface area contributed by atoms with E-state index in [9.17, 15) is 0 Å². The molecule has 2 rings (SSSR count). The van der Waals surface area contributed by atoms with Gasteiger partial charge in [-0.2, -0.15) is 0 Å². The minimum absolute atomic E-state index is 0. The molecule has 0 aliphatic carbocycles. The fourth-order valence-corrected chi connectivity index (χ4v) is 4.04. The molecule has 2 aromatic carbocycles. The quantitative estimate of drug-likeness (QED) is 0.137. The summed E-state index contributed by atoms with van der Waals surface area (Å²) < 4.78 is 11.5. The first kappa shape index (κ1) is 31.7. The van der Waals surface area contributed by atoms with E-state index in [4.69, 9.17) is 42.7 Å². The minimum atomic E-state index is -1.13. The average Bonchev–Trinajstić information content (AvgIpc) is 2.76. The van der Waals surface area contributed by atoms with Gasteiger partial charge in [-0.15, -0.1) is 0 Å². The van der Waals surface area contributed by atoms with Gasteiger partial charge in [-0.3, -0.25) is 0 Å². The van der Waals surface area contributed by atoms with E-state index in [2.05, 4.69) is 91.8 Å². The summed E-state index contributed by atoms with van der Waals surface area (Å²) in [5, 5.41) is -1.13. The minimum Gasteiger partial charge on any atom is -0.477 e. The van der Waals surface area contributed by atoms with Gasteiger partial charge >= 0.3 is 21.1 Å². The van der Waals surface area contributed by atoms with Crippen LogP contribution in [0.5, 0.6) is 0 Å². The van der Waals surface area contributed by atoms with Gasteiger partial charge in [0.25, 0.3) is 11.8 Å². The maximum Gasteiger partial charge on any atom is 6.00 e. The second-order valence-corrected chi connectivity index (χ2v) is 10.6. The normalized spacial score (nSPS) is 12.7. The van der Waals surface area contributed by atoms with Crippen molar-refractivity contribution in [2.24, 2.45) is 9.98 Å². The van der Waals surface area contributed by atoms with Crippen molar-refractivity contribution >= 4 is 46.4 Å². The summed E-state index contributed by atoms with van der Waals surface area (Å²) in [5.74, 6) is 1.47. The third-order valence-electron chi connectivity index (χ3n) is 5.69. The van der Waals surface area contributed by atoms with Crippen molar-refractivity contribution < 1.29 is 30.5 Å². The molecule has 0 fully saturated rings. The number of alkyl halides is 2. The fraction of sp³-hybridized carbons (Fsp3) is 0.500. The summed E-state index contributed by atoms with van der Waals surface area (Å²) in [6, 6.07) is 12.5. The number of hydrogen-bond acceptors (Lipinski definition) is 4. The van der Waals surface area contributed by atoms with Crippen molar-refractivity contribution in [3.8, 4) is 0 Å². The van der Waals surface area contributed by atoms with E-state index >= 15 is 0 Å². The van der Waals surface area contributed by atoms with Crippen molar-refractivity contribution in [2.75, 3.05) is 7.11 Å². The first-order valence-corrected chi connectivity index (χ1v) is 12.8. The number of nitrogens with zero attached hydrogens (tertiary/aromatic N) is 2. The van der Waals surface area contributed by atoms with E-state index in [1.807, 2.05) is 0 Å². The number of halogens is 2. The molecular formula is C28H38Cl2MoN2O2+6. The van der Waals surface area contributed by atoms with Crippen LogP contribution in [0.25, 0.3) is 0 Å². The van der Waals surface area contributed by atoms with E-state index in [0.29, 0.717) is 0 Å². The fourth-order valence-electron chi connectivity index (χ4n) is 3.87. The molecule has 0 N–H and O–H groups in total. The molecule has 0 spiro atoms. The maximum absolute atomic E-state index is 6.06. The number of aliphatic imine (C=N–C) groups is 2. The molecule has 0 aliphatic heterocycles. The second kappa shape index (κ2) is 14.4. The third kappa shape index (κ3) is 8.34. The summed E-state index contributed by atoms with van der Waals surface area (Å²) in [5.41, 5.74) is 6.16. The van der Waals surface area contributed by atoms with E-state index in [-0.39, 0.29) is 56.5 Å². The Morgan fingerprint density at radius 2 is 0.943 bits per heavy atom. The van der Waals surface area contributed by atoms with Gasteiger partial charge in [0.15, 0.2) is 0 Å². The molecule has 35 heavy (non-hydrogen) atoms. The molecule has 2 aromatic rings. The Morgan fingerprint density at radius 1 is 0.629 bits per heavy atom. The zero-order chi connectivity index (χ0) is 25.6. The SMILES string of the molecule is COC(=Nc1c(C(C)C)cccc1C(C)C)C(=Nc1c(C(C)C)cccc1C(C)C)OC(Cl)Cl.[Mo+6]. The molecule has 0 amide bonds. The zero-order valence-electron chi connectivity index (χ0n) is 22.2. The van der Waals surface area contributed by atoms with Gasteiger partial charge < -0.3 is 9.47 Å². The van der Waals surface area contributed by atoms with Gasteiger partial charge in [0.2, 0.25) is 5.02 Å². The predicted molar refractivity (Wildman–Crippen MR) is 147 cm³/mol. The van der Waals surface area contributed by atoms with E-state index in [1.165, 1.54) is 0 Å². The molecule has 0 aromatic heterocycles. The van der Waals surface area contributed by atoms with Crippen molar-refractivity contribution in [1.29, 1.82) is 0 Å². The zero-order valence-corrected chi connectivity index (χ0v) is 25.7. The van der Waals surface area contributed by atoms with Crippen molar-refractivity contribution in [1.82, 2.24) is 0 Å². The van der Waals surface area contributed by atoms with E-state index in [0.717, 1.165) is 33.6 Å². The van der Waals surface area contributed by atoms with Crippen molar-refractivity contribution in [3.63, 3.8) is 0 Å². The van der Waals surface area contributed by atoms with Gasteiger partial charge in [0, 0.05) is 0 Å². The number of rotatable bonds is 7. The Balaban J connectivity index is 0.00000612. The Bertz CT molecular complexity index is 979. The molecule has 0 unspecified atom stereocenters. The van der Waals surface area contributed by atoms with Crippen LogP contribution in [-0.2, 0) is 30.5 Å². The van der Waals surface area contributed by atoms with Crippen LogP contribution in [0.15, 0.2) is 46.4 Å². The molecule has 0 saturated carbocycles. The molecular weight excluding hydrogens is 563 g/mol. The molecule has 0 heterocycles. The van der Waals surface area contributed by atoms with Crippen LogP contribution in [-0.4, -0.2) is 23.9 Å². The standard InChI is InChI=1S/C28H38Cl2N2O2.Mo/c1-16(2)20-12-10-13-21(17(3)4)24(20)31-26(33-9)27(34-28(29)30)32-25-22(18(5)6)14-11-15-23(25)19(7)8;/h10-19,28H,1-9H3;/q;+6. The number of methoxy groups -OCH3 is 1. The number of ether oxygens (including phenoxy) is 2. The van der Waals surface area contributed by atoms with Crippen LogP contribution in [0.4, 0.5) is 11.4 Å². The monoisotopic (exact) mass is 602 g/mol. The smallest absolute Gasteiger partial charge is 0.477 e. The third-order valence-corrected chi connectivity index (χ3v) is 5.87. The van der Waals surface area contributed by atoms with Gasteiger partial charge in [0.1, 0.15) is 0 Å². The van der Waals surface area contributed by atoms with E-state index < -0.39 is 5.02 Å². The largest absolute Gasteiger partial charge is 6.00 e. The van der Waals surface area contributed by atoms with Crippen molar-refractivity contribution in [2.45, 2.75) is 84.1 Å². The van der Waals surface area contributed by atoms with Crippen LogP contribution >= 0.6 is 23.2 Å². The summed E-state index contributed by atoms with van der Waals surface area (Å²) in [6.07, 6.45) is 0. The van der Waals surface area contributed by atoms with Crippen LogP contribution in [0.1, 0.15) is 101 Å². The van der Waals surface area contributed by atoms with Crippen LogP contribution in [0.3, 0.4) is 0 Å². The number of para-hydroxylation sites is 2. The van der Waals surface area contributed by atoms with Crippen LogP contribution in [0.2, 0.25) is 0 Å². The molecule has 0 aliphatic rings. The molecule has 0 radical (unpaired) electrons. The Hall–Kier alpha value is -1.35. The second-order valence-electron chi connectivity index (χ2n) is 9.61. The summed E-state index contributed by atoms with van der Waals surface area (Å²) in [4.78, 5) is 9.87. The summed E-state index contributed by atoms with van der Waals surface area (Å²) in [6.45, 7) is 17.2. The molecule has 0 saturated heterocycles. The molecule has 4 nitrogen and oxygen atoms in total. The Labute approximate surface area is 235 Å². The van der Waals surface area contributed by atoms with Gasteiger partial charge in [-0.05, 0) is 45.9 Å². The summed E-state index contributed by atoms with van der Waals surface area (Å²) in [7, 11) is 1.56. The maximum atomic E-state index is 6.06. The summed E-state index contributed by atoms with van der Waals surface area (Å²) >= 11 is 12.1. The Kier molecular flexibility index (Phi) is 13.0. The van der Waals surface area contributed by atoms with Gasteiger partial charge in [-0.25, -0.2) is 9.98 Å². The van der Waals surface area contributed by atoms with Crippen molar-refractivity contribution in [3.05, 3.63) is 58.7 Å². The first-order valence-electron chi connectivity index (χ1n) is 11.9. The molecule has 0 atom stereocenters. The molecule has 7 heteroatoms.